The van der Waals surface area contributed by atoms with Gasteiger partial charge in [0, 0.05) is 13.1 Å². The first kappa shape index (κ1) is 19.1. The molecule has 0 bridgehead atoms. The number of rotatable bonds is 4. The third-order valence-corrected chi connectivity index (χ3v) is 4.91. The maximum Gasteiger partial charge on any atom is 0.301 e. The minimum atomic E-state index is -0.674. The van der Waals surface area contributed by atoms with Crippen molar-refractivity contribution in [3.63, 3.8) is 0 Å². The zero-order valence-corrected chi connectivity index (χ0v) is 16.4. The van der Waals surface area contributed by atoms with Crippen LogP contribution >= 0.6 is 0 Å². The lowest BCUT2D eigenvalue weighted by Crippen LogP contribution is -2.41. The van der Waals surface area contributed by atoms with E-state index >= 15 is 0 Å². The molecule has 0 unspecified atom stereocenters. The van der Waals surface area contributed by atoms with Crippen LogP contribution in [-0.2, 0) is 0 Å². The topological polar surface area (TPSA) is 121 Å². The molecule has 11 heteroatoms. The number of aliphatic imine (C=N–C) groups is 1. The van der Waals surface area contributed by atoms with E-state index < -0.39 is 15.5 Å². The van der Waals surface area contributed by atoms with Gasteiger partial charge >= 0.3 is 5.69 Å². The van der Waals surface area contributed by atoms with Crippen molar-refractivity contribution in [1.82, 2.24) is 5.01 Å². The minimum Gasteiger partial charge on any atom is -0.284 e. The SMILES string of the molecule is CC1=NC2=C(C)N(C)N(c3ccccc3)C2=NN1c1ccc([N+](=O)[O-])cc1[N+](=O)[O-]. The van der Waals surface area contributed by atoms with Crippen molar-refractivity contribution in [2.75, 3.05) is 17.1 Å². The highest BCUT2D eigenvalue weighted by molar-refractivity contribution is 6.17. The molecule has 0 saturated heterocycles. The molecule has 0 saturated carbocycles. The Bertz CT molecular complexity index is 1160. The van der Waals surface area contributed by atoms with Gasteiger partial charge in [0.25, 0.3) is 5.69 Å². The third kappa shape index (κ3) is 2.92. The molecule has 0 amide bonds. The molecule has 2 aromatic carbocycles. The molecule has 152 valence electrons. The molecular formula is C19H17N7O4. The Morgan fingerprint density at radius 2 is 1.67 bits per heavy atom. The summed E-state index contributed by atoms with van der Waals surface area (Å²) in [6.45, 7) is 3.59. The molecule has 0 aromatic heterocycles. The van der Waals surface area contributed by atoms with Crippen molar-refractivity contribution < 1.29 is 9.85 Å². The van der Waals surface area contributed by atoms with Crippen molar-refractivity contribution >= 4 is 34.4 Å². The van der Waals surface area contributed by atoms with Crippen LogP contribution in [0, 0.1) is 20.2 Å². The summed E-state index contributed by atoms with van der Waals surface area (Å²) in [5.41, 5.74) is 1.67. The van der Waals surface area contributed by atoms with Gasteiger partial charge < -0.3 is 0 Å². The number of hydrazone groups is 1. The van der Waals surface area contributed by atoms with Crippen LogP contribution in [0.25, 0.3) is 0 Å². The Morgan fingerprint density at radius 3 is 2.30 bits per heavy atom. The first-order valence-corrected chi connectivity index (χ1v) is 8.96. The second kappa shape index (κ2) is 6.95. The number of anilines is 2. The molecular weight excluding hydrogens is 390 g/mol. The molecule has 4 rings (SSSR count). The van der Waals surface area contributed by atoms with Crippen LogP contribution in [-0.4, -0.2) is 33.6 Å². The van der Waals surface area contributed by atoms with Gasteiger partial charge in [0.1, 0.15) is 17.2 Å². The normalized spacial score (nSPS) is 15.8. The molecule has 0 N–H and O–H groups in total. The number of fused-ring (bicyclic) bond motifs is 1. The molecule has 0 fully saturated rings. The maximum atomic E-state index is 11.6. The van der Waals surface area contributed by atoms with Crippen LogP contribution in [0.1, 0.15) is 13.8 Å². The van der Waals surface area contributed by atoms with Gasteiger partial charge in [-0.25, -0.2) is 15.0 Å². The van der Waals surface area contributed by atoms with Crippen LogP contribution in [0.5, 0.6) is 0 Å². The van der Waals surface area contributed by atoms with Gasteiger partial charge in [-0.05, 0) is 32.0 Å². The number of hydrogen-bond donors (Lipinski definition) is 0. The molecule has 0 spiro atoms. The molecule has 0 aliphatic carbocycles. The lowest BCUT2D eigenvalue weighted by molar-refractivity contribution is -0.393. The first-order valence-electron chi connectivity index (χ1n) is 8.96. The summed E-state index contributed by atoms with van der Waals surface area (Å²) in [4.78, 5) is 25.9. The summed E-state index contributed by atoms with van der Waals surface area (Å²) in [5.74, 6) is 0.910. The quantitative estimate of drug-likeness (QED) is 0.560. The number of allylic oxidation sites excluding steroid dienone is 1. The summed E-state index contributed by atoms with van der Waals surface area (Å²) < 4.78 is 0. The van der Waals surface area contributed by atoms with Gasteiger partial charge in [0.2, 0.25) is 5.84 Å². The minimum absolute atomic E-state index is 0.0959. The molecule has 0 atom stereocenters. The number of amidine groups is 2. The van der Waals surface area contributed by atoms with Gasteiger partial charge in [-0.15, -0.1) is 5.10 Å². The number of nitro groups is 2. The zero-order chi connectivity index (χ0) is 21.6. The van der Waals surface area contributed by atoms with Gasteiger partial charge in [-0.2, -0.15) is 0 Å². The van der Waals surface area contributed by atoms with Crippen LogP contribution in [0.3, 0.4) is 0 Å². The van der Waals surface area contributed by atoms with E-state index in [0.29, 0.717) is 17.4 Å². The van der Waals surface area contributed by atoms with E-state index in [4.69, 9.17) is 0 Å². The van der Waals surface area contributed by atoms with Crippen LogP contribution < -0.4 is 10.0 Å². The predicted octanol–water partition coefficient (Wildman–Crippen LogP) is 3.65. The average molecular weight is 407 g/mol. The number of nitrogens with zero attached hydrogens (tertiary/aromatic N) is 7. The average Bonchev–Trinajstić information content (AvgIpc) is 2.97. The number of hydrazine groups is 1. The molecule has 2 aromatic rings. The van der Waals surface area contributed by atoms with Gasteiger partial charge in [-0.1, -0.05) is 18.2 Å². The van der Waals surface area contributed by atoms with Gasteiger partial charge in [0.05, 0.1) is 27.3 Å². The molecule has 2 heterocycles. The van der Waals surface area contributed by atoms with E-state index in [2.05, 4.69) is 10.1 Å². The fourth-order valence-electron chi connectivity index (χ4n) is 3.35. The zero-order valence-electron chi connectivity index (χ0n) is 16.4. The van der Waals surface area contributed by atoms with Crippen molar-refractivity contribution in [3.05, 3.63) is 80.2 Å². The number of para-hydroxylation sites is 1. The van der Waals surface area contributed by atoms with Crippen molar-refractivity contribution in [2.45, 2.75) is 13.8 Å². The maximum absolute atomic E-state index is 11.6. The van der Waals surface area contributed by atoms with Gasteiger partial charge in [0.15, 0.2) is 0 Å². The summed E-state index contributed by atoms with van der Waals surface area (Å²) in [7, 11) is 1.87. The fourth-order valence-corrected chi connectivity index (χ4v) is 3.35. The van der Waals surface area contributed by atoms with Crippen LogP contribution in [0.4, 0.5) is 22.7 Å². The Hall–Kier alpha value is -4.28. The molecule has 11 nitrogen and oxygen atoms in total. The fraction of sp³-hybridized carbons (Fsp3) is 0.158. The number of nitro benzene ring substituents is 2. The Labute approximate surface area is 171 Å². The van der Waals surface area contributed by atoms with E-state index in [9.17, 15) is 20.2 Å². The van der Waals surface area contributed by atoms with Crippen LogP contribution in [0.15, 0.2) is 70.0 Å². The highest BCUT2D eigenvalue weighted by Gasteiger charge is 2.37. The standard InChI is InChI=1S/C19H17N7O4/c1-12-18-19(24(22(12)3)14-7-5-4-6-8-14)21-23(13(2)20-18)16-10-9-15(25(27)28)11-17(16)26(29)30/h4-11H,1-3H3. The Balaban J connectivity index is 1.86. The predicted molar refractivity (Wildman–Crippen MR) is 112 cm³/mol. The number of benzene rings is 2. The Kier molecular flexibility index (Phi) is 4.42. The summed E-state index contributed by atoms with van der Waals surface area (Å²) >= 11 is 0. The first-order chi connectivity index (χ1) is 14.3. The number of hydrogen-bond acceptors (Lipinski definition) is 9. The van der Waals surface area contributed by atoms with Crippen LogP contribution in [0.2, 0.25) is 0 Å². The highest BCUT2D eigenvalue weighted by atomic mass is 16.6. The van der Waals surface area contributed by atoms with E-state index in [1.165, 1.54) is 17.1 Å². The van der Waals surface area contributed by atoms with E-state index in [-0.39, 0.29) is 11.4 Å². The summed E-state index contributed by atoms with van der Waals surface area (Å²) in [6.07, 6.45) is 0. The molecule has 2 aliphatic rings. The molecule has 30 heavy (non-hydrogen) atoms. The van der Waals surface area contributed by atoms with Crippen molar-refractivity contribution in [3.8, 4) is 0 Å². The highest BCUT2D eigenvalue weighted by Crippen LogP contribution is 2.37. The second-order valence-electron chi connectivity index (χ2n) is 6.69. The molecule has 0 radical (unpaired) electrons. The summed E-state index contributed by atoms with van der Waals surface area (Å²) in [5, 5.41) is 32.4. The largest absolute Gasteiger partial charge is 0.301 e. The van der Waals surface area contributed by atoms with Gasteiger partial charge in [-0.3, -0.25) is 25.2 Å². The lowest BCUT2D eigenvalue weighted by Gasteiger charge is -2.31. The van der Waals surface area contributed by atoms with E-state index in [0.717, 1.165) is 17.5 Å². The second-order valence-corrected chi connectivity index (χ2v) is 6.69. The monoisotopic (exact) mass is 407 g/mol. The van der Waals surface area contributed by atoms with Crippen molar-refractivity contribution in [1.29, 1.82) is 0 Å². The van der Waals surface area contributed by atoms with E-state index in [1.54, 1.807) is 6.92 Å². The van der Waals surface area contributed by atoms with Crippen molar-refractivity contribution in [2.24, 2.45) is 10.1 Å². The third-order valence-electron chi connectivity index (χ3n) is 4.91. The smallest absolute Gasteiger partial charge is 0.284 e. The molecule has 2 aliphatic heterocycles. The van der Waals surface area contributed by atoms with E-state index in [1.807, 2.05) is 54.3 Å². The Morgan fingerprint density at radius 1 is 0.967 bits per heavy atom. The summed E-state index contributed by atoms with van der Waals surface area (Å²) in [6, 6.07) is 13.0. The number of non-ortho nitro benzene ring substituents is 1. The lowest BCUT2D eigenvalue weighted by atomic mass is 10.2.